The number of nitrogens with zero attached hydrogens (tertiary/aromatic N) is 2. The van der Waals surface area contributed by atoms with Crippen LogP contribution < -0.4 is 10.9 Å². The van der Waals surface area contributed by atoms with Crippen molar-refractivity contribution in [1.29, 1.82) is 0 Å². The van der Waals surface area contributed by atoms with Gasteiger partial charge in [0.2, 0.25) is 0 Å². The molecule has 0 amide bonds. The molecule has 0 aliphatic carbocycles. The summed E-state index contributed by atoms with van der Waals surface area (Å²) < 4.78 is 5.05. The Kier molecular flexibility index (Phi) is 5.42. The molecule has 7 heteroatoms. The van der Waals surface area contributed by atoms with E-state index in [1.165, 1.54) is 30.5 Å². The van der Waals surface area contributed by atoms with Gasteiger partial charge in [-0.1, -0.05) is 5.16 Å². The number of non-ortho nitro benzene ring substituents is 1. The van der Waals surface area contributed by atoms with Crippen LogP contribution in [0, 0.1) is 10.1 Å². The lowest BCUT2D eigenvalue weighted by Crippen LogP contribution is -1.98. The van der Waals surface area contributed by atoms with Crippen LogP contribution in [0.4, 0.5) is 5.69 Å². The second-order valence-corrected chi connectivity index (χ2v) is 2.36. The van der Waals surface area contributed by atoms with Crippen LogP contribution in [0.3, 0.4) is 0 Å². The molecule has 1 rings (SSSR count). The minimum atomic E-state index is -0.487. The van der Waals surface area contributed by atoms with E-state index in [1.54, 1.807) is 0 Å². The van der Waals surface area contributed by atoms with Gasteiger partial charge < -0.3 is 16.1 Å². The average Bonchev–Trinajstić information content (AvgIpc) is 2.19. The zero-order valence-electron chi connectivity index (χ0n) is 7.87. The summed E-state index contributed by atoms with van der Waals surface area (Å²) in [4.78, 5) is 9.80. The van der Waals surface area contributed by atoms with E-state index in [-0.39, 0.29) is 18.4 Å². The van der Waals surface area contributed by atoms with Gasteiger partial charge in [-0.05, 0) is 12.1 Å². The molecule has 1 aromatic rings. The fraction of sp³-hybridized carbons (Fsp3) is 0.125. The van der Waals surface area contributed by atoms with E-state index < -0.39 is 4.92 Å². The fourth-order valence-corrected chi connectivity index (χ4v) is 0.831. The Morgan fingerprint density at radius 1 is 1.47 bits per heavy atom. The molecule has 0 radical (unpaired) electrons. The van der Waals surface area contributed by atoms with E-state index >= 15 is 0 Å². The Labute approximate surface area is 85.7 Å². The monoisotopic (exact) mass is 213 g/mol. The summed E-state index contributed by atoms with van der Waals surface area (Å²) in [6.45, 7) is 0.119. The molecule has 0 fully saturated rings. The maximum Gasteiger partial charge on any atom is 0.269 e. The highest BCUT2D eigenvalue weighted by Crippen LogP contribution is 2.16. The number of nitro benzene ring substituents is 1. The maximum atomic E-state index is 10.3. The molecular formula is C8H11N3O4. The lowest BCUT2D eigenvalue weighted by atomic mass is 10.3. The Morgan fingerprint density at radius 2 is 2.07 bits per heavy atom. The van der Waals surface area contributed by atoms with Gasteiger partial charge in [0, 0.05) is 12.1 Å². The summed E-state index contributed by atoms with van der Waals surface area (Å²) in [5.74, 6) is 0.482. The summed E-state index contributed by atoms with van der Waals surface area (Å²) in [6.07, 6.45) is 1.17. The van der Waals surface area contributed by atoms with Crippen LogP contribution in [-0.2, 0) is 0 Å². The van der Waals surface area contributed by atoms with Crippen molar-refractivity contribution in [3.8, 4) is 5.75 Å². The van der Waals surface area contributed by atoms with Crippen molar-refractivity contribution in [3.05, 3.63) is 34.4 Å². The molecule has 0 heterocycles. The number of oxime groups is 1. The van der Waals surface area contributed by atoms with Gasteiger partial charge in [0.15, 0.2) is 0 Å². The van der Waals surface area contributed by atoms with E-state index in [0.717, 1.165) is 0 Å². The molecule has 82 valence electrons. The van der Waals surface area contributed by atoms with Crippen LogP contribution in [0.2, 0.25) is 0 Å². The summed E-state index contributed by atoms with van der Waals surface area (Å²) in [5.41, 5.74) is 0.00757. The third-order valence-corrected chi connectivity index (χ3v) is 1.45. The van der Waals surface area contributed by atoms with Gasteiger partial charge in [-0.3, -0.25) is 10.1 Å². The SMILES string of the molecule is N.O=[N+]([O-])c1ccc(OC/C=N/O)cc1. The number of hydrogen-bond acceptors (Lipinski definition) is 6. The molecular weight excluding hydrogens is 202 g/mol. The van der Waals surface area contributed by atoms with E-state index in [1.807, 2.05) is 0 Å². The Hall–Kier alpha value is -2.15. The fourth-order valence-electron chi connectivity index (χ4n) is 0.831. The van der Waals surface area contributed by atoms with Gasteiger partial charge in [0.1, 0.15) is 12.4 Å². The molecule has 7 nitrogen and oxygen atoms in total. The number of hydrogen-bond donors (Lipinski definition) is 2. The molecule has 0 saturated heterocycles. The molecule has 1 aromatic carbocycles. The maximum absolute atomic E-state index is 10.3. The predicted octanol–water partition coefficient (Wildman–Crippen LogP) is 1.60. The molecule has 0 aliphatic heterocycles. The third-order valence-electron chi connectivity index (χ3n) is 1.45. The van der Waals surface area contributed by atoms with Crippen LogP contribution >= 0.6 is 0 Å². The smallest absolute Gasteiger partial charge is 0.269 e. The topological polar surface area (TPSA) is 120 Å². The highest BCUT2D eigenvalue weighted by Gasteiger charge is 2.03. The minimum Gasteiger partial charge on any atom is -0.488 e. The molecule has 0 saturated carbocycles. The van der Waals surface area contributed by atoms with Crippen LogP contribution in [0.1, 0.15) is 0 Å². The van der Waals surface area contributed by atoms with Crippen molar-refractivity contribution < 1.29 is 14.9 Å². The second-order valence-electron chi connectivity index (χ2n) is 2.36. The van der Waals surface area contributed by atoms with Crippen LogP contribution in [0.15, 0.2) is 29.4 Å². The average molecular weight is 213 g/mol. The first kappa shape index (κ1) is 12.8. The van der Waals surface area contributed by atoms with Crippen molar-refractivity contribution in [1.82, 2.24) is 6.15 Å². The van der Waals surface area contributed by atoms with Gasteiger partial charge in [-0.2, -0.15) is 0 Å². The van der Waals surface area contributed by atoms with Crippen molar-refractivity contribution in [2.75, 3.05) is 6.61 Å². The summed E-state index contributed by atoms with van der Waals surface area (Å²) in [6, 6.07) is 5.63. The molecule has 4 N–H and O–H groups in total. The summed E-state index contributed by atoms with van der Waals surface area (Å²) >= 11 is 0. The van der Waals surface area contributed by atoms with Crippen LogP contribution in [0.5, 0.6) is 5.75 Å². The van der Waals surface area contributed by atoms with E-state index in [9.17, 15) is 10.1 Å². The van der Waals surface area contributed by atoms with Crippen molar-refractivity contribution in [2.45, 2.75) is 0 Å². The lowest BCUT2D eigenvalue weighted by molar-refractivity contribution is -0.384. The van der Waals surface area contributed by atoms with Gasteiger partial charge in [-0.15, -0.1) is 0 Å². The lowest BCUT2D eigenvalue weighted by Gasteiger charge is -2.00. The Bertz CT molecular complexity index is 336. The molecule has 0 atom stereocenters. The zero-order chi connectivity index (χ0) is 10.4. The molecule has 0 unspecified atom stereocenters. The number of benzene rings is 1. The highest BCUT2D eigenvalue weighted by molar-refractivity contribution is 5.58. The number of nitro groups is 1. The third kappa shape index (κ3) is 4.05. The van der Waals surface area contributed by atoms with E-state index in [4.69, 9.17) is 9.94 Å². The molecule has 0 aromatic heterocycles. The number of ether oxygens (including phenoxy) is 1. The van der Waals surface area contributed by atoms with Crippen LogP contribution in [-0.4, -0.2) is 23.0 Å². The quantitative estimate of drug-likeness (QED) is 0.340. The molecule has 15 heavy (non-hydrogen) atoms. The predicted molar refractivity (Wildman–Crippen MR) is 53.9 cm³/mol. The zero-order valence-corrected chi connectivity index (χ0v) is 7.87. The molecule has 0 spiro atoms. The largest absolute Gasteiger partial charge is 0.488 e. The minimum absolute atomic E-state index is 0. The summed E-state index contributed by atoms with van der Waals surface area (Å²) in [7, 11) is 0. The van der Waals surface area contributed by atoms with E-state index in [2.05, 4.69) is 5.16 Å². The summed E-state index contributed by atoms with van der Waals surface area (Å²) in [5, 5.41) is 21.1. The Morgan fingerprint density at radius 3 is 2.53 bits per heavy atom. The first-order chi connectivity index (χ1) is 6.74. The van der Waals surface area contributed by atoms with Crippen LogP contribution in [0.25, 0.3) is 0 Å². The van der Waals surface area contributed by atoms with Gasteiger partial charge >= 0.3 is 0 Å². The van der Waals surface area contributed by atoms with Gasteiger partial charge in [0.25, 0.3) is 5.69 Å². The normalized spacial score (nSPS) is 9.60. The van der Waals surface area contributed by atoms with E-state index in [0.29, 0.717) is 5.75 Å². The number of rotatable bonds is 4. The standard InChI is InChI=1S/C8H8N2O4.H3N/c11-9-5-6-14-8-3-1-7(2-4-8)10(12)13;/h1-5,11H,6H2;1H3/b9-5+;. The van der Waals surface area contributed by atoms with Crippen molar-refractivity contribution in [3.63, 3.8) is 0 Å². The second kappa shape index (κ2) is 6.33. The highest BCUT2D eigenvalue weighted by atomic mass is 16.6. The van der Waals surface area contributed by atoms with Gasteiger partial charge in [-0.25, -0.2) is 0 Å². The first-order valence-corrected chi connectivity index (χ1v) is 3.77. The first-order valence-electron chi connectivity index (χ1n) is 3.77. The molecule has 0 bridgehead atoms. The van der Waals surface area contributed by atoms with Crippen molar-refractivity contribution >= 4 is 11.9 Å². The molecule has 0 aliphatic rings. The van der Waals surface area contributed by atoms with Crippen molar-refractivity contribution in [2.24, 2.45) is 5.16 Å². The van der Waals surface area contributed by atoms with Gasteiger partial charge in [0.05, 0.1) is 11.1 Å². The Balaban J connectivity index is 0.00000196.